The van der Waals surface area contributed by atoms with Crippen molar-refractivity contribution in [2.24, 2.45) is 0 Å². The van der Waals surface area contributed by atoms with E-state index in [0.29, 0.717) is 0 Å². The van der Waals surface area contributed by atoms with Gasteiger partial charge in [-0.2, -0.15) is 0 Å². The summed E-state index contributed by atoms with van der Waals surface area (Å²) >= 11 is 5.68. The molecule has 0 unspecified atom stereocenters. The minimum atomic E-state index is -0.406. The van der Waals surface area contributed by atoms with Gasteiger partial charge in [0.15, 0.2) is 0 Å². The molecule has 0 spiro atoms. The highest BCUT2D eigenvalue weighted by atomic mass is 35.5. The topological polar surface area (TPSA) is 97.1 Å². The van der Waals surface area contributed by atoms with Crippen molar-refractivity contribution >= 4 is 29.2 Å². The predicted octanol–water partition coefficient (Wildman–Crippen LogP) is 0.326. The van der Waals surface area contributed by atoms with Crippen LogP contribution in [0.2, 0.25) is 5.15 Å². The second kappa shape index (κ2) is 5.22. The molecule has 2 amide bonds. The number of nitrogens with one attached hydrogen (secondary N) is 2. The van der Waals surface area contributed by atoms with Crippen molar-refractivity contribution in [1.82, 2.24) is 15.6 Å². The first-order valence-electron chi connectivity index (χ1n) is 5.55. The molecule has 0 radical (unpaired) electrons. The summed E-state index contributed by atoms with van der Waals surface area (Å²) in [7, 11) is 0. The van der Waals surface area contributed by atoms with E-state index in [9.17, 15) is 9.59 Å². The van der Waals surface area contributed by atoms with Gasteiger partial charge in [0, 0.05) is 11.6 Å². The number of rotatable bonds is 4. The van der Waals surface area contributed by atoms with Crippen molar-refractivity contribution in [2.45, 2.75) is 18.9 Å². The third kappa shape index (κ3) is 3.59. The van der Waals surface area contributed by atoms with Crippen LogP contribution in [0.25, 0.3) is 0 Å². The van der Waals surface area contributed by atoms with E-state index in [-0.39, 0.29) is 35.0 Å². The number of carbonyl (C=O) groups excluding carboxylic acids is 2. The number of hydrogen-bond donors (Lipinski definition) is 3. The molecule has 0 aromatic carbocycles. The van der Waals surface area contributed by atoms with Crippen LogP contribution in [0, 0.1) is 0 Å². The Morgan fingerprint density at radius 1 is 1.44 bits per heavy atom. The minimum absolute atomic E-state index is 0.0603. The first-order valence-corrected chi connectivity index (χ1v) is 5.93. The van der Waals surface area contributed by atoms with Crippen LogP contribution < -0.4 is 16.4 Å². The van der Waals surface area contributed by atoms with E-state index in [1.54, 1.807) is 0 Å². The van der Waals surface area contributed by atoms with Gasteiger partial charge < -0.3 is 16.4 Å². The van der Waals surface area contributed by atoms with Gasteiger partial charge >= 0.3 is 0 Å². The lowest BCUT2D eigenvalue weighted by Gasteiger charge is -2.06. The summed E-state index contributed by atoms with van der Waals surface area (Å²) in [4.78, 5) is 26.8. The fourth-order valence-electron chi connectivity index (χ4n) is 1.42. The lowest BCUT2D eigenvalue weighted by Crippen LogP contribution is -2.37. The van der Waals surface area contributed by atoms with Crippen molar-refractivity contribution < 1.29 is 9.59 Å². The summed E-state index contributed by atoms with van der Waals surface area (Å²) in [6.45, 7) is -0.0603. The standard InChI is InChI=1S/C11H13ClN4O2/c12-8-3-6(4-9(13)16-8)11(18)14-5-10(17)15-7-1-2-7/h3-4,7H,1-2,5H2,(H2,13,16)(H,14,18)(H,15,17). The van der Waals surface area contributed by atoms with E-state index in [1.165, 1.54) is 12.1 Å². The number of nitrogens with two attached hydrogens (primary N) is 1. The van der Waals surface area contributed by atoms with Crippen molar-refractivity contribution in [3.63, 3.8) is 0 Å². The molecule has 0 saturated heterocycles. The van der Waals surface area contributed by atoms with E-state index in [4.69, 9.17) is 17.3 Å². The molecular weight excluding hydrogens is 256 g/mol. The Hall–Kier alpha value is -1.82. The van der Waals surface area contributed by atoms with E-state index >= 15 is 0 Å². The van der Waals surface area contributed by atoms with E-state index < -0.39 is 5.91 Å². The average Bonchev–Trinajstić information content (AvgIpc) is 3.08. The lowest BCUT2D eigenvalue weighted by molar-refractivity contribution is -0.120. The molecule has 1 aromatic heterocycles. The van der Waals surface area contributed by atoms with Gasteiger partial charge in [0.25, 0.3) is 5.91 Å². The molecule has 96 valence electrons. The largest absolute Gasteiger partial charge is 0.384 e. The fraction of sp³-hybridized carbons (Fsp3) is 0.364. The van der Waals surface area contributed by atoms with Gasteiger partial charge in [-0.15, -0.1) is 0 Å². The monoisotopic (exact) mass is 268 g/mol. The highest BCUT2D eigenvalue weighted by Gasteiger charge is 2.23. The molecule has 0 aliphatic heterocycles. The molecule has 1 fully saturated rings. The SMILES string of the molecule is Nc1cc(C(=O)NCC(=O)NC2CC2)cc(Cl)n1. The molecule has 0 bridgehead atoms. The zero-order valence-corrected chi connectivity index (χ0v) is 10.3. The number of amides is 2. The number of hydrogen-bond acceptors (Lipinski definition) is 4. The fourth-order valence-corrected chi connectivity index (χ4v) is 1.63. The summed E-state index contributed by atoms with van der Waals surface area (Å²) in [6, 6.07) is 3.08. The van der Waals surface area contributed by atoms with Gasteiger partial charge in [-0.3, -0.25) is 9.59 Å². The summed E-state index contributed by atoms with van der Waals surface area (Å²) in [5.74, 6) is -0.439. The number of pyridine rings is 1. The number of nitrogens with zero attached hydrogens (tertiary/aromatic N) is 1. The minimum Gasteiger partial charge on any atom is -0.384 e. The molecule has 18 heavy (non-hydrogen) atoms. The third-order valence-corrected chi connectivity index (χ3v) is 2.62. The summed E-state index contributed by atoms with van der Waals surface area (Å²) < 4.78 is 0. The predicted molar refractivity (Wildman–Crippen MR) is 67.2 cm³/mol. The van der Waals surface area contributed by atoms with E-state index in [1.807, 2.05) is 0 Å². The second-order valence-electron chi connectivity index (χ2n) is 4.13. The Balaban J connectivity index is 1.88. The summed E-state index contributed by atoms with van der Waals surface area (Å²) in [5, 5.41) is 5.40. The number of nitrogen functional groups attached to an aromatic ring is 1. The second-order valence-corrected chi connectivity index (χ2v) is 4.52. The zero-order chi connectivity index (χ0) is 13.1. The first-order chi connectivity index (χ1) is 8.54. The zero-order valence-electron chi connectivity index (χ0n) is 9.57. The number of halogens is 1. The lowest BCUT2D eigenvalue weighted by atomic mass is 10.2. The third-order valence-electron chi connectivity index (χ3n) is 2.43. The van der Waals surface area contributed by atoms with Crippen LogP contribution in [-0.2, 0) is 4.79 Å². The van der Waals surface area contributed by atoms with Gasteiger partial charge in [0.05, 0.1) is 6.54 Å². The molecule has 6 nitrogen and oxygen atoms in total. The summed E-state index contributed by atoms with van der Waals surface area (Å²) in [6.07, 6.45) is 2.02. The van der Waals surface area contributed by atoms with Crippen molar-refractivity contribution in [1.29, 1.82) is 0 Å². The Labute approximate surface area is 109 Å². The summed E-state index contributed by atoms with van der Waals surface area (Å²) in [5.41, 5.74) is 5.76. The number of carbonyl (C=O) groups is 2. The molecule has 1 aromatic rings. The molecule has 0 atom stereocenters. The maximum atomic E-state index is 11.7. The highest BCUT2D eigenvalue weighted by Crippen LogP contribution is 2.18. The molecule has 2 rings (SSSR count). The molecule has 1 aliphatic carbocycles. The smallest absolute Gasteiger partial charge is 0.251 e. The van der Waals surface area contributed by atoms with E-state index in [0.717, 1.165) is 12.8 Å². The van der Waals surface area contributed by atoms with Crippen LogP contribution in [0.5, 0.6) is 0 Å². The Bertz CT molecular complexity index is 468. The van der Waals surface area contributed by atoms with Crippen LogP contribution >= 0.6 is 11.6 Å². The van der Waals surface area contributed by atoms with Gasteiger partial charge in [0.1, 0.15) is 11.0 Å². The van der Waals surface area contributed by atoms with Crippen LogP contribution in [0.4, 0.5) is 5.82 Å². The quantitative estimate of drug-likeness (QED) is 0.686. The van der Waals surface area contributed by atoms with Crippen LogP contribution in [0.3, 0.4) is 0 Å². The molecular formula is C11H13ClN4O2. The molecule has 1 heterocycles. The molecule has 4 N–H and O–H groups in total. The van der Waals surface area contributed by atoms with Gasteiger partial charge in [-0.25, -0.2) is 4.98 Å². The molecule has 1 saturated carbocycles. The molecule has 1 aliphatic rings. The number of aromatic nitrogens is 1. The van der Waals surface area contributed by atoms with Crippen molar-refractivity contribution in [3.8, 4) is 0 Å². The van der Waals surface area contributed by atoms with Crippen molar-refractivity contribution in [3.05, 3.63) is 22.8 Å². The van der Waals surface area contributed by atoms with E-state index in [2.05, 4.69) is 15.6 Å². The van der Waals surface area contributed by atoms with Crippen LogP contribution in [-0.4, -0.2) is 29.4 Å². The van der Waals surface area contributed by atoms with Gasteiger partial charge in [-0.05, 0) is 25.0 Å². The normalized spacial score (nSPS) is 14.1. The van der Waals surface area contributed by atoms with Crippen LogP contribution in [0.1, 0.15) is 23.2 Å². The maximum absolute atomic E-state index is 11.7. The highest BCUT2D eigenvalue weighted by molar-refractivity contribution is 6.29. The maximum Gasteiger partial charge on any atom is 0.251 e. The number of anilines is 1. The van der Waals surface area contributed by atoms with Gasteiger partial charge in [-0.1, -0.05) is 11.6 Å². The average molecular weight is 269 g/mol. The Morgan fingerprint density at radius 2 is 2.17 bits per heavy atom. The Kier molecular flexibility index (Phi) is 3.66. The van der Waals surface area contributed by atoms with Crippen molar-refractivity contribution in [2.75, 3.05) is 12.3 Å². The molecule has 7 heteroatoms. The van der Waals surface area contributed by atoms with Gasteiger partial charge in [0.2, 0.25) is 5.91 Å². The Morgan fingerprint density at radius 3 is 2.78 bits per heavy atom. The van der Waals surface area contributed by atoms with Crippen LogP contribution in [0.15, 0.2) is 12.1 Å². The first kappa shape index (κ1) is 12.6.